The van der Waals surface area contributed by atoms with E-state index in [0.717, 1.165) is 35.3 Å². The van der Waals surface area contributed by atoms with Crippen LogP contribution >= 0.6 is 11.3 Å². The summed E-state index contributed by atoms with van der Waals surface area (Å²) in [4.78, 5) is 14.1. The Bertz CT molecular complexity index is 1190. The maximum absolute atomic E-state index is 13.1. The van der Waals surface area contributed by atoms with E-state index in [2.05, 4.69) is 10.2 Å². The Balaban J connectivity index is 1.57. The molecule has 0 N–H and O–H groups in total. The molecule has 0 bridgehead atoms. The van der Waals surface area contributed by atoms with Gasteiger partial charge in [0.1, 0.15) is 4.21 Å². The number of anilines is 1. The highest BCUT2D eigenvalue weighted by Crippen LogP contribution is 2.32. The number of hydrogen-bond acceptors (Lipinski definition) is 7. The number of aromatic nitrogens is 2. The number of aryl methyl sites for hydroxylation is 2. The number of thiophene rings is 1. The van der Waals surface area contributed by atoms with Crippen molar-refractivity contribution in [1.29, 1.82) is 0 Å². The smallest absolute Gasteiger partial charge is 0.311 e. The molecule has 3 heterocycles. The first-order chi connectivity index (χ1) is 14.3. The molecular weight excluding hydrogens is 424 g/mol. The molecule has 0 saturated carbocycles. The largest absolute Gasteiger partial charge is 0.412 e. The van der Waals surface area contributed by atoms with E-state index in [1.807, 2.05) is 26.0 Å². The number of carbonyl (C=O) groups is 1. The Kier molecular flexibility index (Phi) is 5.37. The summed E-state index contributed by atoms with van der Waals surface area (Å²) >= 11 is 1.07. The molecule has 8 nitrogen and oxygen atoms in total. The first-order valence-electron chi connectivity index (χ1n) is 9.55. The van der Waals surface area contributed by atoms with Crippen molar-refractivity contribution in [2.24, 2.45) is 0 Å². The van der Waals surface area contributed by atoms with Crippen LogP contribution in [0.5, 0.6) is 0 Å². The lowest BCUT2D eigenvalue weighted by atomic mass is 10.1. The van der Waals surface area contributed by atoms with Crippen molar-refractivity contribution >= 4 is 33.0 Å². The van der Waals surface area contributed by atoms with E-state index in [4.69, 9.17) is 4.42 Å². The lowest BCUT2D eigenvalue weighted by molar-refractivity contribution is 0.0754. The Labute approximate surface area is 179 Å². The number of likely N-dealkylation sites (tertiary alicyclic amines) is 1. The van der Waals surface area contributed by atoms with E-state index in [0.29, 0.717) is 24.3 Å². The van der Waals surface area contributed by atoms with E-state index in [9.17, 15) is 13.2 Å². The molecule has 0 radical (unpaired) electrons. The number of benzene rings is 1. The molecule has 0 unspecified atom stereocenters. The Hall–Kier alpha value is -2.72. The molecule has 1 amide bonds. The van der Waals surface area contributed by atoms with Gasteiger partial charge in [-0.15, -0.1) is 21.5 Å². The predicted octanol–water partition coefficient (Wildman–Crippen LogP) is 3.48. The topological polar surface area (TPSA) is 96.6 Å². The van der Waals surface area contributed by atoms with Crippen molar-refractivity contribution in [2.75, 3.05) is 24.4 Å². The zero-order chi connectivity index (χ0) is 21.5. The van der Waals surface area contributed by atoms with Gasteiger partial charge in [-0.05, 0) is 56.0 Å². The first kappa shape index (κ1) is 20.5. The summed E-state index contributed by atoms with van der Waals surface area (Å²) in [5, 5.41) is 9.42. The third-order valence-corrected chi connectivity index (χ3v) is 8.49. The fraction of sp³-hybridized carbons (Fsp3) is 0.350. The van der Waals surface area contributed by atoms with Crippen LogP contribution in [0.15, 0.2) is 38.3 Å². The summed E-state index contributed by atoms with van der Waals surface area (Å²) in [6.07, 6.45) is 1.93. The molecule has 2 aromatic heterocycles. The molecule has 30 heavy (non-hydrogen) atoms. The highest BCUT2D eigenvalue weighted by Gasteiger charge is 2.27. The quantitative estimate of drug-likeness (QED) is 0.595. The maximum Gasteiger partial charge on any atom is 0.311 e. The third-order valence-electron chi connectivity index (χ3n) is 5.29. The molecule has 0 aliphatic carbocycles. The van der Waals surface area contributed by atoms with E-state index in [1.54, 1.807) is 16.3 Å². The van der Waals surface area contributed by atoms with Gasteiger partial charge in [0.15, 0.2) is 0 Å². The summed E-state index contributed by atoms with van der Waals surface area (Å²) in [5.41, 5.74) is 3.17. The van der Waals surface area contributed by atoms with Crippen LogP contribution in [-0.4, -0.2) is 49.6 Å². The molecule has 4 rings (SSSR count). The van der Waals surface area contributed by atoms with Crippen LogP contribution < -0.4 is 4.31 Å². The molecule has 1 aliphatic rings. The van der Waals surface area contributed by atoms with Crippen LogP contribution in [-0.2, 0) is 10.0 Å². The Morgan fingerprint density at radius 2 is 1.87 bits per heavy atom. The highest BCUT2D eigenvalue weighted by atomic mass is 32.2. The highest BCUT2D eigenvalue weighted by molar-refractivity contribution is 7.94. The van der Waals surface area contributed by atoms with E-state index >= 15 is 0 Å². The first-order valence-corrected chi connectivity index (χ1v) is 11.9. The van der Waals surface area contributed by atoms with Crippen LogP contribution in [0.3, 0.4) is 0 Å². The molecule has 3 aromatic rings. The zero-order valence-corrected chi connectivity index (χ0v) is 18.6. The second-order valence-corrected chi connectivity index (χ2v) is 10.4. The predicted molar refractivity (Wildman–Crippen MR) is 114 cm³/mol. The summed E-state index contributed by atoms with van der Waals surface area (Å²) in [5.74, 6) is -0.234. The number of amides is 1. The second kappa shape index (κ2) is 7.84. The minimum absolute atomic E-state index is 0.0743. The van der Waals surface area contributed by atoms with Gasteiger partial charge in [0.25, 0.3) is 10.0 Å². The van der Waals surface area contributed by atoms with Gasteiger partial charge >= 0.3 is 11.8 Å². The molecule has 0 spiro atoms. The van der Waals surface area contributed by atoms with Gasteiger partial charge < -0.3 is 9.32 Å². The van der Waals surface area contributed by atoms with Crippen molar-refractivity contribution in [1.82, 2.24) is 15.1 Å². The van der Waals surface area contributed by atoms with E-state index < -0.39 is 10.0 Å². The summed E-state index contributed by atoms with van der Waals surface area (Å²) < 4.78 is 33.1. The SMILES string of the molecule is Cc1ccc(N(C)S(=O)(=O)c2cc(-c3nnc(C(=O)N4CCCC4)o3)cs2)cc1C. The summed E-state index contributed by atoms with van der Waals surface area (Å²) in [6, 6.07) is 7.02. The van der Waals surface area contributed by atoms with Crippen molar-refractivity contribution in [3.8, 4) is 11.5 Å². The molecule has 1 fully saturated rings. The van der Waals surface area contributed by atoms with Crippen LogP contribution in [0.2, 0.25) is 0 Å². The Morgan fingerprint density at radius 1 is 1.13 bits per heavy atom. The van der Waals surface area contributed by atoms with Crippen LogP contribution in [0.1, 0.15) is 34.7 Å². The van der Waals surface area contributed by atoms with Crippen molar-refractivity contribution < 1.29 is 17.6 Å². The molecule has 0 atom stereocenters. The van der Waals surface area contributed by atoms with Gasteiger partial charge in [-0.1, -0.05) is 6.07 Å². The standard InChI is InChI=1S/C20H22N4O4S2/c1-13-6-7-16(10-14(13)2)23(3)30(26,27)17-11-15(12-29-17)18-21-22-19(28-18)20(25)24-8-4-5-9-24/h6-7,10-12H,4-5,8-9H2,1-3H3. The lowest BCUT2D eigenvalue weighted by Crippen LogP contribution is -2.27. The van der Waals surface area contributed by atoms with Crippen LogP contribution in [0.25, 0.3) is 11.5 Å². The lowest BCUT2D eigenvalue weighted by Gasteiger charge is -2.19. The molecular formula is C20H22N4O4S2. The molecule has 158 valence electrons. The fourth-order valence-corrected chi connectivity index (χ4v) is 5.75. The second-order valence-electron chi connectivity index (χ2n) is 7.31. The van der Waals surface area contributed by atoms with E-state index in [1.165, 1.54) is 17.4 Å². The van der Waals surface area contributed by atoms with Crippen molar-refractivity contribution in [2.45, 2.75) is 30.9 Å². The third kappa shape index (κ3) is 3.72. The molecule has 1 saturated heterocycles. The molecule has 1 aliphatic heterocycles. The minimum Gasteiger partial charge on any atom is -0.412 e. The minimum atomic E-state index is -3.74. The van der Waals surface area contributed by atoms with Gasteiger partial charge in [0, 0.05) is 25.5 Å². The molecule has 1 aromatic carbocycles. The summed E-state index contributed by atoms with van der Waals surface area (Å²) in [7, 11) is -2.22. The zero-order valence-electron chi connectivity index (χ0n) is 17.0. The van der Waals surface area contributed by atoms with E-state index in [-0.39, 0.29) is 21.9 Å². The number of sulfonamides is 1. The van der Waals surface area contributed by atoms with Crippen molar-refractivity contribution in [3.05, 3.63) is 46.7 Å². The number of rotatable bonds is 5. The van der Waals surface area contributed by atoms with Crippen LogP contribution in [0.4, 0.5) is 5.69 Å². The van der Waals surface area contributed by atoms with Gasteiger partial charge in [-0.2, -0.15) is 0 Å². The van der Waals surface area contributed by atoms with Gasteiger partial charge in [-0.25, -0.2) is 8.42 Å². The average Bonchev–Trinajstić information content (AvgIpc) is 3.49. The number of hydrogen-bond donors (Lipinski definition) is 0. The average molecular weight is 447 g/mol. The number of carbonyl (C=O) groups excluding carboxylic acids is 1. The van der Waals surface area contributed by atoms with Crippen molar-refractivity contribution in [3.63, 3.8) is 0 Å². The van der Waals surface area contributed by atoms with Crippen LogP contribution in [0, 0.1) is 13.8 Å². The summed E-state index contributed by atoms with van der Waals surface area (Å²) in [6.45, 7) is 5.29. The number of nitrogens with zero attached hydrogens (tertiary/aromatic N) is 4. The molecule has 10 heteroatoms. The van der Waals surface area contributed by atoms with Gasteiger partial charge in [0.05, 0.1) is 11.3 Å². The fourth-order valence-electron chi connectivity index (χ4n) is 3.24. The normalized spacial score (nSPS) is 14.3. The monoisotopic (exact) mass is 446 g/mol. The van der Waals surface area contributed by atoms with Gasteiger partial charge in [-0.3, -0.25) is 9.10 Å². The Morgan fingerprint density at radius 3 is 2.57 bits per heavy atom. The maximum atomic E-state index is 13.1. The van der Waals surface area contributed by atoms with Gasteiger partial charge in [0.2, 0.25) is 5.89 Å².